The first-order valence-corrected chi connectivity index (χ1v) is 24.8. The SMILES string of the molecule is c1ccc(-c2ccc(N(c3cccc(-c4ccc5c(c4)C4(CCCCC4)c4ccccc4-5)c3)c3cccc(-c4ccc5c(c4)C4(c6ccccc6-5)C5CC6CC(C5)CC4C6)c3)cc2)cc1. The lowest BCUT2D eigenvalue weighted by Gasteiger charge is -2.61. The van der Waals surface area contributed by atoms with Crippen molar-refractivity contribution in [1.82, 2.24) is 0 Å². The van der Waals surface area contributed by atoms with Gasteiger partial charge in [-0.05, 0) is 195 Å². The molecule has 7 aliphatic carbocycles. The van der Waals surface area contributed by atoms with Crippen molar-refractivity contribution >= 4 is 17.1 Å². The number of hydrogen-bond donors (Lipinski definition) is 0. The number of nitrogens with zero attached hydrogens (tertiary/aromatic N) is 1. The van der Waals surface area contributed by atoms with Gasteiger partial charge in [0.1, 0.15) is 0 Å². The first kappa shape index (κ1) is 37.9. The van der Waals surface area contributed by atoms with Crippen LogP contribution in [0.15, 0.2) is 188 Å². The average molecular weight is 838 g/mol. The van der Waals surface area contributed by atoms with Gasteiger partial charge < -0.3 is 4.90 Å². The minimum atomic E-state index is 0.126. The second-order valence-corrected chi connectivity index (χ2v) is 20.8. The molecule has 65 heavy (non-hydrogen) atoms. The fourth-order valence-electron chi connectivity index (χ4n) is 15.2. The van der Waals surface area contributed by atoms with Gasteiger partial charge in [-0.1, -0.05) is 159 Å². The highest BCUT2D eigenvalue weighted by atomic mass is 15.1. The first-order chi connectivity index (χ1) is 32.1. The van der Waals surface area contributed by atoms with Crippen LogP contribution in [0.1, 0.15) is 86.5 Å². The molecule has 0 aliphatic heterocycles. The van der Waals surface area contributed by atoms with Crippen LogP contribution in [-0.4, -0.2) is 0 Å². The summed E-state index contributed by atoms with van der Waals surface area (Å²) in [5, 5.41) is 0. The Kier molecular flexibility index (Phi) is 8.47. The molecule has 5 saturated carbocycles. The van der Waals surface area contributed by atoms with Crippen molar-refractivity contribution < 1.29 is 0 Å². The van der Waals surface area contributed by atoms with Gasteiger partial charge in [0.25, 0.3) is 0 Å². The lowest BCUT2D eigenvalue weighted by molar-refractivity contribution is -0.0399. The Morgan fingerprint density at radius 1 is 0.323 bits per heavy atom. The van der Waals surface area contributed by atoms with E-state index in [2.05, 4.69) is 193 Å². The number of hydrogen-bond acceptors (Lipinski definition) is 1. The van der Waals surface area contributed by atoms with E-state index >= 15 is 0 Å². The first-order valence-electron chi connectivity index (χ1n) is 24.8. The van der Waals surface area contributed by atoms with Crippen LogP contribution in [0.5, 0.6) is 0 Å². The van der Waals surface area contributed by atoms with Crippen molar-refractivity contribution in [3.8, 4) is 55.6 Å². The van der Waals surface area contributed by atoms with E-state index < -0.39 is 0 Å². The molecule has 8 aromatic rings. The molecule has 0 heterocycles. The molecule has 5 fully saturated rings. The zero-order valence-corrected chi connectivity index (χ0v) is 37.2. The Balaban J connectivity index is 0.881. The molecule has 0 amide bonds. The predicted octanol–water partition coefficient (Wildman–Crippen LogP) is 17.1. The van der Waals surface area contributed by atoms with E-state index in [4.69, 9.17) is 0 Å². The average Bonchev–Trinajstić information content (AvgIpc) is 3.80. The minimum Gasteiger partial charge on any atom is -0.310 e. The zero-order valence-electron chi connectivity index (χ0n) is 37.2. The van der Waals surface area contributed by atoms with E-state index in [1.54, 1.807) is 16.7 Å². The molecular formula is C64H55N. The Morgan fingerprint density at radius 2 is 0.800 bits per heavy atom. The smallest absolute Gasteiger partial charge is 0.0467 e. The van der Waals surface area contributed by atoms with Crippen LogP contribution < -0.4 is 4.90 Å². The van der Waals surface area contributed by atoms with Crippen molar-refractivity contribution in [3.05, 3.63) is 210 Å². The molecular weight excluding hydrogens is 783 g/mol. The molecule has 8 aromatic carbocycles. The van der Waals surface area contributed by atoms with Gasteiger partial charge in [-0.25, -0.2) is 0 Å². The van der Waals surface area contributed by atoms with Crippen LogP contribution in [0.4, 0.5) is 17.1 Å². The topological polar surface area (TPSA) is 3.24 Å². The van der Waals surface area contributed by atoms with E-state index in [1.165, 1.54) is 137 Å². The number of rotatable bonds is 6. The van der Waals surface area contributed by atoms with Crippen molar-refractivity contribution in [2.24, 2.45) is 23.7 Å². The lowest BCUT2D eigenvalue weighted by Crippen LogP contribution is -2.55. The van der Waals surface area contributed by atoms with E-state index in [9.17, 15) is 0 Å². The summed E-state index contributed by atoms with van der Waals surface area (Å²) < 4.78 is 0. The normalized spacial score (nSPS) is 23.6. The third kappa shape index (κ3) is 5.64. The van der Waals surface area contributed by atoms with Crippen LogP contribution in [0.2, 0.25) is 0 Å². The molecule has 4 bridgehead atoms. The molecule has 2 spiro atoms. The van der Waals surface area contributed by atoms with E-state index in [0.717, 1.165) is 29.4 Å². The second kappa shape index (κ2) is 14.5. The summed E-state index contributed by atoms with van der Waals surface area (Å²) in [6, 6.07) is 72.3. The number of fused-ring (bicyclic) bond motifs is 8. The molecule has 0 unspecified atom stereocenters. The van der Waals surface area contributed by atoms with Gasteiger partial charge in [-0.3, -0.25) is 0 Å². The van der Waals surface area contributed by atoms with Crippen molar-refractivity contribution in [1.29, 1.82) is 0 Å². The van der Waals surface area contributed by atoms with Crippen LogP contribution >= 0.6 is 0 Å². The van der Waals surface area contributed by atoms with E-state index in [-0.39, 0.29) is 10.8 Å². The molecule has 1 nitrogen and oxygen atoms in total. The third-order valence-electron chi connectivity index (χ3n) is 17.6. The molecule has 0 aromatic heterocycles. The van der Waals surface area contributed by atoms with Gasteiger partial charge in [0.05, 0.1) is 0 Å². The molecule has 0 atom stereocenters. The number of anilines is 3. The zero-order chi connectivity index (χ0) is 42.7. The highest BCUT2D eigenvalue weighted by Gasteiger charge is 2.61. The van der Waals surface area contributed by atoms with Gasteiger partial charge in [-0.2, -0.15) is 0 Å². The largest absolute Gasteiger partial charge is 0.310 e. The van der Waals surface area contributed by atoms with Gasteiger partial charge in [-0.15, -0.1) is 0 Å². The van der Waals surface area contributed by atoms with Crippen LogP contribution in [0.3, 0.4) is 0 Å². The summed E-state index contributed by atoms with van der Waals surface area (Å²) in [6.07, 6.45) is 13.5. The Morgan fingerprint density at radius 3 is 1.45 bits per heavy atom. The molecule has 1 heteroatoms. The van der Waals surface area contributed by atoms with Crippen molar-refractivity contribution in [3.63, 3.8) is 0 Å². The molecule has 0 N–H and O–H groups in total. The van der Waals surface area contributed by atoms with Gasteiger partial charge >= 0.3 is 0 Å². The highest BCUT2D eigenvalue weighted by Crippen LogP contribution is 2.69. The maximum absolute atomic E-state index is 2.64. The second-order valence-electron chi connectivity index (χ2n) is 20.8. The van der Waals surface area contributed by atoms with E-state index in [0.29, 0.717) is 0 Å². The van der Waals surface area contributed by atoms with Gasteiger partial charge in [0.15, 0.2) is 0 Å². The lowest BCUT2D eigenvalue weighted by atomic mass is 9.43. The maximum atomic E-state index is 2.64. The van der Waals surface area contributed by atoms with Gasteiger partial charge in [0.2, 0.25) is 0 Å². The highest BCUT2D eigenvalue weighted by molar-refractivity contribution is 5.88. The molecule has 316 valence electrons. The van der Waals surface area contributed by atoms with Gasteiger partial charge in [0, 0.05) is 27.9 Å². The summed E-state index contributed by atoms with van der Waals surface area (Å²) in [7, 11) is 0. The van der Waals surface area contributed by atoms with Crippen LogP contribution in [-0.2, 0) is 10.8 Å². The monoisotopic (exact) mass is 837 g/mol. The Bertz CT molecular complexity index is 3120. The predicted molar refractivity (Wildman–Crippen MR) is 270 cm³/mol. The maximum Gasteiger partial charge on any atom is 0.0467 e. The fraction of sp³-hybridized carbons (Fsp3) is 0.250. The summed E-state index contributed by atoms with van der Waals surface area (Å²) in [5.74, 6) is 3.36. The quantitative estimate of drug-likeness (QED) is 0.161. The molecule has 7 aliphatic rings. The van der Waals surface area contributed by atoms with E-state index in [1.807, 2.05) is 0 Å². The fourth-order valence-corrected chi connectivity index (χ4v) is 15.2. The molecule has 0 radical (unpaired) electrons. The molecule has 15 rings (SSSR count). The van der Waals surface area contributed by atoms with Crippen molar-refractivity contribution in [2.45, 2.75) is 75.0 Å². The summed E-state index contributed by atoms with van der Waals surface area (Å²) in [6.45, 7) is 0. The van der Waals surface area contributed by atoms with Crippen LogP contribution in [0.25, 0.3) is 55.6 Å². The summed E-state index contributed by atoms with van der Waals surface area (Å²) in [5.41, 5.74) is 23.6. The Hall–Kier alpha value is -6.44. The van der Waals surface area contributed by atoms with Crippen LogP contribution in [0, 0.1) is 23.7 Å². The Labute approximate surface area is 384 Å². The molecule has 0 saturated heterocycles. The minimum absolute atomic E-state index is 0.126. The standard InChI is InChI=1S/C64H55N/c1-3-13-44(14-4-1)45-23-27-52(28-24-45)65(53-17-11-15-46(38-53)48-25-29-57-55-19-5-7-21-59(55)63(61(57)40-48)31-9-2-10-32-63)54-18-12-16-47(39-54)49-26-30-58-56-20-6-8-22-60(56)64(62(58)41-49)50-34-42-33-43(36-50)37-51(64)35-42/h1,3-8,11-30,38-43,50-51H,2,9-10,31-37H2. The third-order valence-corrected chi connectivity index (χ3v) is 17.6. The van der Waals surface area contributed by atoms with Crippen molar-refractivity contribution in [2.75, 3.05) is 4.90 Å². The number of benzene rings is 8. The summed E-state index contributed by atoms with van der Waals surface area (Å²) in [4.78, 5) is 2.48. The summed E-state index contributed by atoms with van der Waals surface area (Å²) >= 11 is 0.